The molecule has 0 fully saturated rings. The first-order valence-electron chi connectivity index (χ1n) is 6.19. The molecule has 0 aromatic heterocycles. The van der Waals surface area contributed by atoms with Crippen molar-refractivity contribution in [3.63, 3.8) is 0 Å². The van der Waals surface area contributed by atoms with E-state index in [2.05, 4.69) is 36.4 Å². The normalized spacial score (nSPS) is 10.2. The van der Waals surface area contributed by atoms with Crippen LogP contribution in [0.3, 0.4) is 0 Å². The Balaban J connectivity index is 0.00000116. The van der Waals surface area contributed by atoms with E-state index in [0.717, 1.165) is 0 Å². The van der Waals surface area contributed by atoms with Crippen LogP contribution in [0.4, 0.5) is 0 Å². The molecule has 2 aromatic carbocycles. The first-order valence-corrected chi connectivity index (χ1v) is 13.6. The zero-order valence-corrected chi connectivity index (χ0v) is 17.0. The minimum atomic E-state index is -0.237. The Morgan fingerprint density at radius 3 is 1.91 bits per heavy atom. The second kappa shape index (κ2) is 10.3. The van der Waals surface area contributed by atoms with Gasteiger partial charge in [0.2, 0.25) is 5.78 Å². The van der Waals surface area contributed by atoms with Gasteiger partial charge in [-0.3, -0.25) is 9.90 Å². The monoisotopic (exact) mass is 425 g/mol. The van der Waals surface area contributed by atoms with Crippen LogP contribution in [0, 0.1) is 0 Å². The number of rotatable bonds is 4. The van der Waals surface area contributed by atoms with Crippen molar-refractivity contribution in [1.29, 1.82) is 0 Å². The fraction of sp³-hybridized carbons (Fsp3) is 0. The van der Waals surface area contributed by atoms with E-state index in [1.54, 1.807) is 36.4 Å². The van der Waals surface area contributed by atoms with Crippen LogP contribution in [0.25, 0.3) is 5.73 Å². The molecule has 0 aliphatic rings. The third-order valence-corrected chi connectivity index (χ3v) is 2.66. The third kappa shape index (κ3) is 5.75. The van der Waals surface area contributed by atoms with Crippen molar-refractivity contribution in [3.8, 4) is 0 Å². The van der Waals surface area contributed by atoms with Gasteiger partial charge in [0.05, 0.1) is 0 Å². The third-order valence-electron chi connectivity index (χ3n) is 2.57. The first-order chi connectivity index (χ1) is 10.7. The molecule has 0 aliphatic carbocycles. The van der Waals surface area contributed by atoms with Crippen molar-refractivity contribution < 1.29 is 21.1 Å². The van der Waals surface area contributed by atoms with E-state index in [1.165, 1.54) is 16.3 Å². The number of thiocarbonyl (C=S) groups is 1. The molecular weight excluding hydrogens is 416 g/mol. The van der Waals surface area contributed by atoms with Crippen molar-refractivity contribution in [1.82, 2.24) is 5.43 Å². The van der Waals surface area contributed by atoms with Crippen LogP contribution in [0.1, 0.15) is 15.9 Å². The zero-order chi connectivity index (χ0) is 16.4. The Bertz CT molecular complexity index is 650. The summed E-state index contributed by atoms with van der Waals surface area (Å²) in [5.41, 5.74) is 11.0. The van der Waals surface area contributed by atoms with Gasteiger partial charge in [0.1, 0.15) is 5.71 Å². The van der Waals surface area contributed by atoms with Crippen molar-refractivity contribution in [3.05, 3.63) is 77.5 Å². The number of carbonyl (C=O) groups excluding carboxylic acids is 1. The van der Waals surface area contributed by atoms with Gasteiger partial charge in [-0.05, 0) is 0 Å². The number of nitrogens with zero attached hydrogens (tertiary/aromatic N) is 1. The predicted octanol–water partition coefficient (Wildman–Crippen LogP) is 4.04. The van der Waals surface area contributed by atoms with Crippen LogP contribution in [0.5, 0.6) is 0 Å². The molecule has 2 aromatic rings. The summed E-state index contributed by atoms with van der Waals surface area (Å²) >= 11 is 8.85. The fourth-order valence-electron chi connectivity index (χ4n) is 1.68. The molecule has 4 nitrogen and oxygen atoms in total. The van der Waals surface area contributed by atoms with Crippen molar-refractivity contribution >= 4 is 42.4 Å². The average Bonchev–Trinajstić information content (AvgIpc) is 2.58. The Kier molecular flexibility index (Phi) is 8.74. The number of ketones is 1. The Labute approximate surface area is 151 Å². The summed E-state index contributed by atoms with van der Waals surface area (Å²) in [7, 11) is 0. The summed E-state index contributed by atoms with van der Waals surface area (Å²) in [6, 6.07) is 17.9. The van der Waals surface area contributed by atoms with Gasteiger partial charge in [0.15, 0.2) is 0 Å². The average molecular weight is 428 g/mol. The number of hydrazone groups is 1. The SMILES string of the molecule is [NH-]C(=S)N/N=C(/C(=O)c1ccccc1)c1ccccc1.[Zn+][Br]. The number of carbonyl (C=O) groups is 1. The van der Waals surface area contributed by atoms with Crippen LogP contribution in [-0.4, -0.2) is 16.6 Å². The summed E-state index contributed by atoms with van der Waals surface area (Å²) in [5.74, 6) is -0.222. The molecule has 108 valence electrons. The molecule has 0 bridgehead atoms. The molecule has 22 heavy (non-hydrogen) atoms. The van der Waals surface area contributed by atoms with Gasteiger partial charge in [0.25, 0.3) is 0 Å². The van der Waals surface area contributed by atoms with Gasteiger partial charge in [-0.25, -0.2) is 0 Å². The van der Waals surface area contributed by atoms with E-state index < -0.39 is 0 Å². The molecule has 0 saturated heterocycles. The molecule has 0 amide bonds. The minimum absolute atomic E-state index is 0.222. The van der Waals surface area contributed by atoms with Crippen LogP contribution in [0.2, 0.25) is 0 Å². The molecule has 0 heterocycles. The first kappa shape index (κ1) is 18.6. The summed E-state index contributed by atoms with van der Waals surface area (Å²) in [6.07, 6.45) is 0. The summed E-state index contributed by atoms with van der Waals surface area (Å²) < 4.78 is 0. The maximum absolute atomic E-state index is 12.5. The van der Waals surface area contributed by atoms with Crippen molar-refractivity contribution in [2.75, 3.05) is 0 Å². The van der Waals surface area contributed by atoms with Crippen LogP contribution in [-0.2, 0) is 16.3 Å². The second-order valence-corrected chi connectivity index (χ2v) is 4.37. The van der Waals surface area contributed by atoms with Gasteiger partial charge in [0, 0.05) is 16.2 Å². The van der Waals surface area contributed by atoms with Crippen LogP contribution in [0.15, 0.2) is 65.8 Å². The second-order valence-electron chi connectivity index (χ2n) is 3.96. The van der Waals surface area contributed by atoms with Gasteiger partial charge in [-0.1, -0.05) is 72.9 Å². The molecular formula is C15H12BrN3OSZn. The summed E-state index contributed by atoms with van der Waals surface area (Å²) in [5, 5.41) is 3.72. The summed E-state index contributed by atoms with van der Waals surface area (Å²) in [4.78, 5) is 12.5. The molecule has 0 spiro atoms. The standard InChI is InChI=1S/C15H13N3OS.BrH.Zn/c16-15(20)18-17-13(11-7-3-1-4-8-11)14(19)12-9-5-2-6-10-12;;/h1-10H,(H3,16,18,19,20);1H;/q;;+2/p-2. The van der Waals surface area contributed by atoms with E-state index >= 15 is 0 Å². The van der Waals surface area contributed by atoms with E-state index in [1.807, 2.05) is 24.3 Å². The van der Waals surface area contributed by atoms with E-state index in [9.17, 15) is 4.79 Å². The van der Waals surface area contributed by atoms with Crippen molar-refractivity contribution in [2.24, 2.45) is 5.10 Å². The molecule has 0 saturated carbocycles. The molecule has 0 unspecified atom stereocenters. The maximum atomic E-state index is 12.5. The van der Waals surface area contributed by atoms with E-state index in [4.69, 9.17) is 5.73 Å². The summed E-state index contributed by atoms with van der Waals surface area (Å²) in [6.45, 7) is 0. The van der Waals surface area contributed by atoms with Crippen LogP contribution >= 0.6 is 25.8 Å². The zero-order valence-electron chi connectivity index (χ0n) is 11.6. The van der Waals surface area contributed by atoms with E-state index in [-0.39, 0.29) is 16.6 Å². The molecule has 0 atom stereocenters. The van der Waals surface area contributed by atoms with Crippen LogP contribution < -0.4 is 5.43 Å². The van der Waals surface area contributed by atoms with Crippen molar-refractivity contribution in [2.45, 2.75) is 0 Å². The quantitative estimate of drug-likeness (QED) is 0.263. The molecule has 0 aliphatic heterocycles. The van der Waals surface area contributed by atoms with E-state index in [0.29, 0.717) is 11.1 Å². The van der Waals surface area contributed by atoms with Gasteiger partial charge in [-0.2, -0.15) is 0 Å². The van der Waals surface area contributed by atoms with Gasteiger partial charge in [-0.15, -0.1) is 0 Å². The number of nitrogens with one attached hydrogen (secondary N) is 2. The Hall–Kier alpha value is -1.43. The topological polar surface area (TPSA) is 65.3 Å². The van der Waals surface area contributed by atoms with Gasteiger partial charge < -0.3 is 11.2 Å². The molecule has 2 rings (SSSR count). The molecule has 0 radical (unpaired) electrons. The number of hydrogen-bond acceptors (Lipinski definition) is 3. The fourth-order valence-corrected chi connectivity index (χ4v) is 1.72. The Morgan fingerprint density at radius 2 is 1.45 bits per heavy atom. The number of Topliss-reactive ketones (excluding diaryl/α,β-unsaturated/α-hetero) is 1. The number of hydrogen-bond donors (Lipinski definition) is 1. The molecule has 7 heteroatoms. The molecule has 2 N–H and O–H groups in total. The number of benzene rings is 2. The predicted molar refractivity (Wildman–Crippen MR) is 92.7 cm³/mol. The Morgan fingerprint density at radius 1 is 1.00 bits per heavy atom. The van der Waals surface area contributed by atoms with Gasteiger partial charge >= 0.3 is 30.0 Å². The number of halogens is 1.